The summed E-state index contributed by atoms with van der Waals surface area (Å²) < 4.78 is 1.82. The predicted octanol–water partition coefficient (Wildman–Crippen LogP) is 3.39. The first kappa shape index (κ1) is 12.5. The molecule has 0 radical (unpaired) electrons. The number of nitrogens with one attached hydrogen (secondary N) is 1. The van der Waals surface area contributed by atoms with Crippen LogP contribution in [0.1, 0.15) is 5.82 Å². The zero-order valence-corrected chi connectivity index (χ0v) is 11.2. The number of aryl methyl sites for hydroxylation is 1. The van der Waals surface area contributed by atoms with Crippen molar-refractivity contribution in [1.82, 2.24) is 14.8 Å². The van der Waals surface area contributed by atoms with Crippen LogP contribution < -0.4 is 5.32 Å². The molecule has 0 saturated carbocycles. The molecule has 1 N–H and O–H groups in total. The minimum atomic E-state index is 0.431. The van der Waals surface area contributed by atoms with E-state index in [0.717, 1.165) is 5.82 Å². The van der Waals surface area contributed by atoms with E-state index < -0.39 is 0 Å². The Morgan fingerprint density at radius 1 is 1.18 bits per heavy atom. The van der Waals surface area contributed by atoms with Crippen LogP contribution in [0.15, 0.2) is 18.5 Å². The van der Waals surface area contributed by atoms with Gasteiger partial charge >= 0.3 is 0 Å². The van der Waals surface area contributed by atoms with E-state index in [2.05, 4.69) is 15.5 Å². The van der Waals surface area contributed by atoms with Crippen LogP contribution in [0.25, 0.3) is 0 Å². The second-order valence-electron chi connectivity index (χ2n) is 3.46. The molecule has 0 saturated heterocycles. The highest BCUT2D eigenvalue weighted by Gasteiger charge is 2.07. The third-order valence-corrected chi connectivity index (χ3v) is 3.29. The number of rotatable bonds is 3. The number of hydrogen-bond donors (Lipinski definition) is 1. The molecule has 0 aliphatic carbocycles. The van der Waals surface area contributed by atoms with Crippen LogP contribution in [0, 0.1) is 0 Å². The summed E-state index contributed by atoms with van der Waals surface area (Å²) in [6.45, 7) is 0.508. The van der Waals surface area contributed by atoms with E-state index in [0.29, 0.717) is 27.3 Å². The average Bonchev–Trinajstić information content (AvgIpc) is 2.68. The molecule has 0 fully saturated rings. The van der Waals surface area contributed by atoms with Gasteiger partial charge in [0.25, 0.3) is 0 Å². The van der Waals surface area contributed by atoms with Gasteiger partial charge in [-0.15, -0.1) is 10.2 Å². The molecule has 0 aliphatic heterocycles. The van der Waals surface area contributed by atoms with Crippen molar-refractivity contribution in [2.45, 2.75) is 6.54 Å². The van der Waals surface area contributed by atoms with Gasteiger partial charge in [0, 0.05) is 7.05 Å². The van der Waals surface area contributed by atoms with Gasteiger partial charge < -0.3 is 9.88 Å². The van der Waals surface area contributed by atoms with Crippen molar-refractivity contribution in [3.05, 3.63) is 39.4 Å². The maximum atomic E-state index is 6.03. The normalized spacial score (nSPS) is 10.6. The number of nitrogens with zero attached hydrogens (tertiary/aromatic N) is 3. The Kier molecular flexibility index (Phi) is 3.76. The van der Waals surface area contributed by atoms with Gasteiger partial charge in [-0.2, -0.15) is 0 Å². The molecule has 0 atom stereocenters. The Balaban J connectivity index is 2.14. The number of halogens is 3. The van der Waals surface area contributed by atoms with Gasteiger partial charge in [-0.05, 0) is 12.1 Å². The lowest BCUT2D eigenvalue weighted by Crippen LogP contribution is -2.06. The molecule has 90 valence electrons. The first-order chi connectivity index (χ1) is 8.08. The molecule has 17 heavy (non-hydrogen) atoms. The van der Waals surface area contributed by atoms with E-state index in [1.54, 1.807) is 18.5 Å². The third kappa shape index (κ3) is 2.83. The molecule has 1 heterocycles. The Morgan fingerprint density at radius 3 is 2.53 bits per heavy atom. The molecule has 4 nitrogen and oxygen atoms in total. The van der Waals surface area contributed by atoms with E-state index >= 15 is 0 Å². The summed E-state index contributed by atoms with van der Waals surface area (Å²) in [5, 5.41) is 12.3. The van der Waals surface area contributed by atoms with Crippen LogP contribution in [-0.2, 0) is 13.6 Å². The van der Waals surface area contributed by atoms with Gasteiger partial charge in [-0.3, -0.25) is 0 Å². The van der Waals surface area contributed by atoms with Crippen LogP contribution in [0.5, 0.6) is 0 Å². The smallest absolute Gasteiger partial charge is 0.151 e. The fourth-order valence-corrected chi connectivity index (χ4v) is 1.91. The molecular weight excluding hydrogens is 282 g/mol. The van der Waals surface area contributed by atoms with Crippen LogP contribution in [0.2, 0.25) is 15.1 Å². The van der Waals surface area contributed by atoms with Crippen molar-refractivity contribution >= 4 is 40.5 Å². The maximum absolute atomic E-state index is 6.03. The maximum Gasteiger partial charge on any atom is 0.151 e. The molecule has 0 amide bonds. The second kappa shape index (κ2) is 5.12. The Hall–Kier alpha value is -0.970. The highest BCUT2D eigenvalue weighted by atomic mass is 35.5. The van der Waals surface area contributed by atoms with Crippen LogP contribution in [0.3, 0.4) is 0 Å². The summed E-state index contributed by atoms with van der Waals surface area (Å²) in [7, 11) is 1.87. The largest absolute Gasteiger partial charge is 0.376 e. The highest BCUT2D eigenvalue weighted by Crippen LogP contribution is 2.32. The molecule has 7 heteroatoms. The quantitative estimate of drug-likeness (QED) is 0.882. The molecule has 0 spiro atoms. The van der Waals surface area contributed by atoms with Gasteiger partial charge in [-0.1, -0.05) is 34.8 Å². The molecule has 2 rings (SSSR count). The lowest BCUT2D eigenvalue weighted by atomic mass is 10.3. The van der Waals surface area contributed by atoms with E-state index in [1.165, 1.54) is 0 Å². The summed E-state index contributed by atoms with van der Waals surface area (Å²) in [6.07, 6.45) is 1.63. The summed E-state index contributed by atoms with van der Waals surface area (Å²) in [6, 6.07) is 3.28. The van der Waals surface area contributed by atoms with Gasteiger partial charge in [0.05, 0.1) is 27.3 Å². The summed E-state index contributed by atoms with van der Waals surface area (Å²) >= 11 is 17.8. The van der Waals surface area contributed by atoms with E-state index in [1.807, 2.05) is 11.6 Å². The molecular formula is C10H9Cl3N4. The minimum absolute atomic E-state index is 0.431. The molecule has 1 aromatic carbocycles. The van der Waals surface area contributed by atoms with Gasteiger partial charge in [0.1, 0.15) is 6.33 Å². The fourth-order valence-electron chi connectivity index (χ4n) is 1.30. The number of anilines is 1. The van der Waals surface area contributed by atoms with Crippen molar-refractivity contribution in [3.63, 3.8) is 0 Å². The minimum Gasteiger partial charge on any atom is -0.376 e. The van der Waals surface area contributed by atoms with Crippen molar-refractivity contribution < 1.29 is 0 Å². The Bertz CT molecular complexity index is 538. The number of aromatic nitrogens is 3. The molecule has 1 aromatic heterocycles. The van der Waals surface area contributed by atoms with E-state index in [9.17, 15) is 0 Å². The van der Waals surface area contributed by atoms with Crippen LogP contribution in [-0.4, -0.2) is 14.8 Å². The Labute approximate surface area is 114 Å². The number of hydrogen-bond acceptors (Lipinski definition) is 3. The zero-order chi connectivity index (χ0) is 12.4. The number of benzene rings is 1. The van der Waals surface area contributed by atoms with E-state index in [-0.39, 0.29) is 0 Å². The topological polar surface area (TPSA) is 42.7 Å². The van der Waals surface area contributed by atoms with Crippen molar-refractivity contribution in [2.75, 3.05) is 5.32 Å². The zero-order valence-electron chi connectivity index (χ0n) is 8.91. The summed E-state index contributed by atoms with van der Waals surface area (Å²) in [4.78, 5) is 0. The lowest BCUT2D eigenvalue weighted by molar-refractivity contribution is 0.812. The first-order valence-corrected chi connectivity index (χ1v) is 5.92. The van der Waals surface area contributed by atoms with Gasteiger partial charge in [0.15, 0.2) is 5.82 Å². The predicted molar refractivity (Wildman–Crippen MR) is 69.8 cm³/mol. The average molecular weight is 292 g/mol. The van der Waals surface area contributed by atoms with E-state index in [4.69, 9.17) is 34.8 Å². The van der Waals surface area contributed by atoms with Crippen LogP contribution in [0.4, 0.5) is 5.69 Å². The molecule has 2 aromatic rings. The third-order valence-electron chi connectivity index (χ3n) is 2.25. The first-order valence-electron chi connectivity index (χ1n) is 4.79. The standard InChI is InChI=1S/C10H9Cl3N4/c1-17-5-15-16-10(17)4-14-9-3-7(12)6(11)2-8(9)13/h2-3,5,14H,4H2,1H3. The summed E-state index contributed by atoms with van der Waals surface area (Å²) in [5.41, 5.74) is 0.712. The SMILES string of the molecule is Cn1cnnc1CNc1cc(Cl)c(Cl)cc1Cl. The highest BCUT2D eigenvalue weighted by molar-refractivity contribution is 6.44. The lowest BCUT2D eigenvalue weighted by Gasteiger charge is -2.09. The van der Waals surface area contributed by atoms with Gasteiger partial charge in [0.2, 0.25) is 0 Å². The van der Waals surface area contributed by atoms with Crippen LogP contribution >= 0.6 is 34.8 Å². The van der Waals surface area contributed by atoms with Gasteiger partial charge in [-0.25, -0.2) is 0 Å². The molecule has 0 aliphatic rings. The molecule has 0 unspecified atom stereocenters. The summed E-state index contributed by atoms with van der Waals surface area (Å²) in [5.74, 6) is 0.798. The Morgan fingerprint density at radius 2 is 1.88 bits per heavy atom. The van der Waals surface area contributed by atoms with Crippen molar-refractivity contribution in [2.24, 2.45) is 7.05 Å². The fraction of sp³-hybridized carbons (Fsp3) is 0.200. The monoisotopic (exact) mass is 290 g/mol. The van der Waals surface area contributed by atoms with Crippen molar-refractivity contribution in [3.8, 4) is 0 Å². The second-order valence-corrected chi connectivity index (χ2v) is 4.68. The molecule has 0 bridgehead atoms. The van der Waals surface area contributed by atoms with Crippen molar-refractivity contribution in [1.29, 1.82) is 0 Å².